The van der Waals surface area contributed by atoms with E-state index in [1.54, 1.807) is 7.11 Å². The highest BCUT2D eigenvalue weighted by atomic mass is 32.2. The summed E-state index contributed by atoms with van der Waals surface area (Å²) >= 11 is 1.44. The lowest BCUT2D eigenvalue weighted by molar-refractivity contribution is 0.0730. The third kappa shape index (κ3) is 4.69. The van der Waals surface area contributed by atoms with E-state index >= 15 is 0 Å². The number of aromatic nitrogens is 1. The zero-order chi connectivity index (χ0) is 22.7. The third-order valence-electron chi connectivity index (χ3n) is 5.26. The number of morpholine rings is 1. The Morgan fingerprint density at radius 2 is 1.88 bits per heavy atom. The molecule has 2 heterocycles. The number of carbonyl (C=O) groups excluding carboxylic acids is 1. The Labute approximate surface area is 190 Å². The van der Waals surface area contributed by atoms with Crippen molar-refractivity contribution in [1.29, 1.82) is 0 Å². The molecule has 0 radical (unpaired) electrons. The van der Waals surface area contributed by atoms with Crippen LogP contribution in [-0.2, 0) is 26.0 Å². The summed E-state index contributed by atoms with van der Waals surface area (Å²) in [5, 5.41) is 0. The molecule has 0 spiro atoms. The summed E-state index contributed by atoms with van der Waals surface area (Å²) < 4.78 is 40.4. The lowest BCUT2D eigenvalue weighted by Crippen LogP contribution is -2.40. The number of nitrogens with zero attached hydrogens (tertiary/aromatic N) is 3. The Hall–Kier alpha value is -2.37. The minimum absolute atomic E-state index is 0.156. The van der Waals surface area contributed by atoms with Gasteiger partial charge in [0.25, 0.3) is 5.91 Å². The van der Waals surface area contributed by atoms with Gasteiger partial charge in [-0.3, -0.25) is 4.79 Å². The Balaban J connectivity index is 1.64. The minimum Gasteiger partial charge on any atom is -0.383 e. The lowest BCUT2D eigenvalue weighted by atomic mass is 10.2. The first-order valence-electron chi connectivity index (χ1n) is 10.3. The molecule has 3 aromatic rings. The van der Waals surface area contributed by atoms with Gasteiger partial charge in [-0.05, 0) is 48.9 Å². The normalized spacial score (nSPS) is 16.0. The molecule has 4 rings (SSSR count). The smallest absolute Gasteiger partial charge is 0.279 e. The van der Waals surface area contributed by atoms with Crippen LogP contribution in [0.4, 0.5) is 0 Å². The molecule has 1 aliphatic heterocycles. The first-order chi connectivity index (χ1) is 15.4. The molecule has 0 atom stereocenters. The summed E-state index contributed by atoms with van der Waals surface area (Å²) in [6.45, 7) is 4.50. The van der Waals surface area contributed by atoms with Crippen molar-refractivity contribution in [2.45, 2.75) is 18.4 Å². The summed E-state index contributed by atoms with van der Waals surface area (Å²) in [6, 6.07) is 12.1. The van der Waals surface area contributed by atoms with Gasteiger partial charge in [0.05, 0.1) is 34.9 Å². The van der Waals surface area contributed by atoms with E-state index in [-0.39, 0.29) is 4.90 Å². The van der Waals surface area contributed by atoms with Crippen molar-refractivity contribution in [2.24, 2.45) is 4.99 Å². The summed E-state index contributed by atoms with van der Waals surface area (Å²) in [7, 11) is -1.97. The maximum atomic E-state index is 12.9. The highest BCUT2D eigenvalue weighted by Crippen LogP contribution is 2.20. The van der Waals surface area contributed by atoms with E-state index in [4.69, 9.17) is 9.47 Å². The fraction of sp³-hybridized carbons (Fsp3) is 0.364. The minimum atomic E-state index is -3.61. The number of aryl methyl sites for hydroxylation is 1. The van der Waals surface area contributed by atoms with Gasteiger partial charge >= 0.3 is 0 Å². The van der Waals surface area contributed by atoms with Gasteiger partial charge in [-0.2, -0.15) is 9.30 Å². The van der Waals surface area contributed by atoms with Gasteiger partial charge in [0.1, 0.15) is 0 Å². The second kappa shape index (κ2) is 9.63. The van der Waals surface area contributed by atoms with Crippen molar-refractivity contribution in [3.05, 3.63) is 58.4 Å². The van der Waals surface area contributed by atoms with E-state index in [1.165, 1.54) is 39.9 Å². The number of rotatable bonds is 6. The van der Waals surface area contributed by atoms with Gasteiger partial charge in [0, 0.05) is 32.3 Å². The van der Waals surface area contributed by atoms with E-state index in [2.05, 4.69) is 11.1 Å². The van der Waals surface area contributed by atoms with Crippen molar-refractivity contribution >= 4 is 37.5 Å². The third-order valence-corrected chi connectivity index (χ3v) is 8.22. The number of sulfonamides is 1. The van der Waals surface area contributed by atoms with Gasteiger partial charge in [0.2, 0.25) is 10.0 Å². The van der Waals surface area contributed by atoms with E-state index in [1.807, 2.05) is 23.6 Å². The number of ether oxygens (including phenoxy) is 2. The lowest BCUT2D eigenvalue weighted by Gasteiger charge is -2.26. The molecule has 1 amide bonds. The molecular weight excluding hydrogens is 450 g/mol. The molecule has 2 aromatic carbocycles. The molecule has 0 N–H and O–H groups in total. The predicted molar refractivity (Wildman–Crippen MR) is 122 cm³/mol. The zero-order valence-corrected chi connectivity index (χ0v) is 19.6. The average Bonchev–Trinajstić information content (AvgIpc) is 3.14. The van der Waals surface area contributed by atoms with Crippen LogP contribution in [0.5, 0.6) is 0 Å². The van der Waals surface area contributed by atoms with E-state index < -0.39 is 15.9 Å². The first-order valence-corrected chi connectivity index (χ1v) is 12.5. The Morgan fingerprint density at radius 3 is 2.56 bits per heavy atom. The van der Waals surface area contributed by atoms with Gasteiger partial charge in [-0.1, -0.05) is 17.4 Å². The van der Waals surface area contributed by atoms with Crippen LogP contribution in [0, 0.1) is 6.92 Å². The molecule has 170 valence electrons. The number of methoxy groups -OCH3 is 1. The fourth-order valence-electron chi connectivity index (χ4n) is 3.52. The number of carbonyl (C=O) groups is 1. The topological polar surface area (TPSA) is 90.2 Å². The maximum absolute atomic E-state index is 12.9. The van der Waals surface area contributed by atoms with E-state index in [9.17, 15) is 13.2 Å². The molecule has 8 nitrogen and oxygen atoms in total. The molecule has 1 fully saturated rings. The first kappa shape index (κ1) is 22.8. The quantitative estimate of drug-likeness (QED) is 0.546. The molecule has 0 aliphatic carbocycles. The highest BCUT2D eigenvalue weighted by Gasteiger charge is 2.26. The van der Waals surface area contributed by atoms with Gasteiger partial charge in [0.15, 0.2) is 4.80 Å². The Bertz CT molecular complexity index is 1290. The summed E-state index contributed by atoms with van der Waals surface area (Å²) in [6.07, 6.45) is 0. The van der Waals surface area contributed by atoms with Crippen LogP contribution in [0.15, 0.2) is 52.4 Å². The van der Waals surface area contributed by atoms with Crippen LogP contribution in [-0.4, -0.2) is 63.2 Å². The van der Waals surface area contributed by atoms with Crippen molar-refractivity contribution < 1.29 is 22.7 Å². The van der Waals surface area contributed by atoms with E-state index in [0.29, 0.717) is 49.8 Å². The summed E-state index contributed by atoms with van der Waals surface area (Å²) in [4.78, 5) is 17.9. The second-order valence-corrected chi connectivity index (χ2v) is 10.4. The molecular formula is C22H25N3O5S2. The molecule has 0 bridgehead atoms. The van der Waals surface area contributed by atoms with Gasteiger partial charge in [-0.15, -0.1) is 0 Å². The number of benzene rings is 2. The molecule has 0 saturated carbocycles. The van der Waals surface area contributed by atoms with Crippen LogP contribution < -0.4 is 4.80 Å². The molecule has 32 heavy (non-hydrogen) atoms. The average molecular weight is 476 g/mol. The second-order valence-electron chi connectivity index (χ2n) is 7.46. The van der Waals surface area contributed by atoms with E-state index in [0.717, 1.165) is 15.8 Å². The Morgan fingerprint density at radius 1 is 1.16 bits per heavy atom. The Kier molecular flexibility index (Phi) is 6.87. The number of hydrogen-bond acceptors (Lipinski definition) is 6. The predicted octanol–water partition coefficient (Wildman–Crippen LogP) is 2.42. The van der Waals surface area contributed by atoms with Crippen molar-refractivity contribution in [3.63, 3.8) is 0 Å². The largest absolute Gasteiger partial charge is 0.383 e. The highest BCUT2D eigenvalue weighted by molar-refractivity contribution is 7.89. The standard InChI is InChI=1S/C22H25N3O5S2/c1-16-3-8-19-20(15-16)31-22(25(19)11-12-29-2)23-21(26)17-4-6-18(7-5-17)32(27,28)24-9-13-30-14-10-24/h3-8,15H,9-14H2,1-2H3. The molecule has 10 heteroatoms. The van der Waals surface area contributed by atoms with Crippen molar-refractivity contribution in [2.75, 3.05) is 40.0 Å². The van der Waals surface area contributed by atoms with Crippen LogP contribution in [0.1, 0.15) is 15.9 Å². The van der Waals surface area contributed by atoms with Crippen LogP contribution >= 0.6 is 11.3 Å². The SMILES string of the molecule is COCCn1c(=NC(=O)c2ccc(S(=O)(=O)N3CCOCC3)cc2)sc2cc(C)ccc21. The van der Waals surface area contributed by atoms with Crippen molar-refractivity contribution in [3.8, 4) is 0 Å². The number of amides is 1. The molecule has 1 aliphatic rings. The van der Waals surface area contributed by atoms with Gasteiger partial charge < -0.3 is 14.0 Å². The van der Waals surface area contributed by atoms with Crippen LogP contribution in [0.25, 0.3) is 10.2 Å². The summed E-state index contributed by atoms with van der Waals surface area (Å²) in [5.41, 5.74) is 2.46. The number of thiazole rings is 1. The monoisotopic (exact) mass is 475 g/mol. The summed E-state index contributed by atoms with van der Waals surface area (Å²) in [5.74, 6) is -0.422. The van der Waals surface area contributed by atoms with Gasteiger partial charge in [-0.25, -0.2) is 8.42 Å². The van der Waals surface area contributed by atoms with Crippen LogP contribution in [0.2, 0.25) is 0 Å². The number of hydrogen-bond donors (Lipinski definition) is 0. The zero-order valence-electron chi connectivity index (χ0n) is 18.0. The molecule has 1 saturated heterocycles. The molecule has 0 unspecified atom stereocenters. The fourth-order valence-corrected chi connectivity index (χ4v) is 6.08. The number of fused-ring (bicyclic) bond motifs is 1. The molecule has 1 aromatic heterocycles. The van der Waals surface area contributed by atoms with Crippen LogP contribution in [0.3, 0.4) is 0 Å². The maximum Gasteiger partial charge on any atom is 0.279 e. The van der Waals surface area contributed by atoms with Crippen molar-refractivity contribution in [1.82, 2.24) is 8.87 Å².